The van der Waals surface area contributed by atoms with Gasteiger partial charge in [0.15, 0.2) is 0 Å². The van der Waals surface area contributed by atoms with E-state index in [4.69, 9.17) is 9.84 Å². The van der Waals surface area contributed by atoms with Crippen molar-refractivity contribution in [2.75, 3.05) is 13.2 Å². The lowest BCUT2D eigenvalue weighted by molar-refractivity contribution is -0.152. The van der Waals surface area contributed by atoms with E-state index in [1.807, 2.05) is 6.92 Å². The molecular formula is C13H25NO4. The molecule has 0 saturated heterocycles. The van der Waals surface area contributed by atoms with Gasteiger partial charge in [0.25, 0.3) is 0 Å². The summed E-state index contributed by atoms with van der Waals surface area (Å²) in [6, 6.07) is 0. The molecule has 5 heteroatoms. The molecule has 0 fully saturated rings. The van der Waals surface area contributed by atoms with Crippen molar-refractivity contribution in [1.82, 2.24) is 5.32 Å². The summed E-state index contributed by atoms with van der Waals surface area (Å²) in [5, 5.41) is 11.5. The third-order valence-electron chi connectivity index (χ3n) is 2.52. The minimum absolute atomic E-state index is 0.0530. The van der Waals surface area contributed by atoms with Crippen molar-refractivity contribution in [3.05, 3.63) is 0 Å². The zero-order valence-electron chi connectivity index (χ0n) is 11.7. The average Bonchev–Trinajstić information content (AvgIpc) is 2.31. The van der Waals surface area contributed by atoms with E-state index < -0.39 is 0 Å². The van der Waals surface area contributed by atoms with Crippen LogP contribution in [-0.2, 0) is 14.3 Å². The van der Waals surface area contributed by atoms with Crippen molar-refractivity contribution in [2.45, 2.75) is 46.6 Å². The summed E-state index contributed by atoms with van der Waals surface area (Å²) in [5.41, 5.74) is 0. The summed E-state index contributed by atoms with van der Waals surface area (Å²) in [5.74, 6) is -0.577. The van der Waals surface area contributed by atoms with Crippen LogP contribution in [0.5, 0.6) is 0 Å². The number of amides is 1. The van der Waals surface area contributed by atoms with Crippen LogP contribution in [0, 0.1) is 11.8 Å². The molecule has 106 valence electrons. The molecular weight excluding hydrogens is 234 g/mol. The van der Waals surface area contributed by atoms with Crippen molar-refractivity contribution in [3.63, 3.8) is 0 Å². The molecule has 0 rings (SSSR count). The third kappa shape index (κ3) is 8.06. The number of rotatable bonds is 8. The second kappa shape index (κ2) is 8.91. The number of esters is 1. The summed E-state index contributed by atoms with van der Waals surface area (Å²) >= 11 is 0. The van der Waals surface area contributed by atoms with Gasteiger partial charge in [-0.2, -0.15) is 0 Å². The summed E-state index contributed by atoms with van der Waals surface area (Å²) in [6.45, 7) is 7.72. The fourth-order valence-corrected chi connectivity index (χ4v) is 1.25. The average molecular weight is 259 g/mol. The largest absolute Gasteiger partial charge is 0.463 e. The highest BCUT2D eigenvalue weighted by atomic mass is 16.5. The van der Waals surface area contributed by atoms with Crippen LogP contribution in [0.3, 0.4) is 0 Å². The van der Waals surface area contributed by atoms with Crippen molar-refractivity contribution in [1.29, 1.82) is 0 Å². The van der Waals surface area contributed by atoms with Crippen LogP contribution < -0.4 is 5.32 Å². The van der Waals surface area contributed by atoms with E-state index in [1.165, 1.54) is 0 Å². The van der Waals surface area contributed by atoms with E-state index in [0.29, 0.717) is 19.4 Å². The maximum atomic E-state index is 11.5. The predicted molar refractivity (Wildman–Crippen MR) is 68.9 cm³/mol. The molecule has 0 aromatic carbocycles. The first-order chi connectivity index (χ1) is 8.36. The first kappa shape index (κ1) is 16.9. The van der Waals surface area contributed by atoms with Crippen molar-refractivity contribution < 1.29 is 19.4 Å². The normalized spacial score (nSPS) is 14.1. The van der Waals surface area contributed by atoms with Gasteiger partial charge in [0.1, 0.15) is 0 Å². The monoisotopic (exact) mass is 259 g/mol. The molecule has 5 nitrogen and oxygen atoms in total. The Morgan fingerprint density at radius 2 is 1.83 bits per heavy atom. The second-order valence-corrected chi connectivity index (χ2v) is 5.02. The Balaban J connectivity index is 3.80. The Hall–Kier alpha value is -1.10. The molecule has 18 heavy (non-hydrogen) atoms. The number of aliphatic hydroxyl groups excluding tert-OH is 1. The SMILES string of the molecule is CC(CO)CNC(=O)CCC(C)C(=O)OC(C)C. The molecule has 0 spiro atoms. The standard InChI is InChI=1S/C13H25NO4/c1-9(2)18-13(17)11(4)5-6-12(16)14-7-10(3)8-15/h9-11,15H,5-8H2,1-4H3,(H,14,16). The number of carbonyl (C=O) groups excluding carboxylic acids is 2. The van der Waals surface area contributed by atoms with E-state index in [9.17, 15) is 9.59 Å². The lowest BCUT2D eigenvalue weighted by atomic mass is 10.1. The zero-order chi connectivity index (χ0) is 14.1. The highest BCUT2D eigenvalue weighted by Gasteiger charge is 2.17. The highest BCUT2D eigenvalue weighted by Crippen LogP contribution is 2.09. The quantitative estimate of drug-likeness (QED) is 0.640. The Bertz CT molecular complexity index is 266. The summed E-state index contributed by atoms with van der Waals surface area (Å²) in [6.07, 6.45) is 0.649. The van der Waals surface area contributed by atoms with Gasteiger partial charge in [0.05, 0.1) is 12.0 Å². The van der Waals surface area contributed by atoms with E-state index in [0.717, 1.165) is 0 Å². The van der Waals surface area contributed by atoms with Gasteiger partial charge < -0.3 is 15.2 Å². The molecule has 2 unspecified atom stereocenters. The van der Waals surface area contributed by atoms with Crippen LogP contribution >= 0.6 is 0 Å². The van der Waals surface area contributed by atoms with E-state index in [2.05, 4.69) is 5.32 Å². The van der Waals surface area contributed by atoms with Crippen LogP contribution in [-0.4, -0.2) is 36.2 Å². The molecule has 0 aliphatic rings. The Morgan fingerprint density at radius 3 is 2.33 bits per heavy atom. The van der Waals surface area contributed by atoms with Gasteiger partial charge in [-0.1, -0.05) is 13.8 Å². The minimum Gasteiger partial charge on any atom is -0.463 e. The van der Waals surface area contributed by atoms with E-state index in [-0.39, 0.29) is 36.4 Å². The summed E-state index contributed by atoms with van der Waals surface area (Å²) in [7, 11) is 0. The molecule has 0 heterocycles. The lowest BCUT2D eigenvalue weighted by Gasteiger charge is -2.14. The first-order valence-electron chi connectivity index (χ1n) is 6.44. The molecule has 2 N–H and O–H groups in total. The fraction of sp³-hybridized carbons (Fsp3) is 0.846. The van der Waals surface area contributed by atoms with Gasteiger partial charge in [0, 0.05) is 19.6 Å². The second-order valence-electron chi connectivity index (χ2n) is 5.02. The van der Waals surface area contributed by atoms with Gasteiger partial charge in [0.2, 0.25) is 5.91 Å². The molecule has 1 amide bonds. The molecule has 2 atom stereocenters. The molecule has 0 aromatic heterocycles. The number of hydrogen-bond donors (Lipinski definition) is 2. The third-order valence-corrected chi connectivity index (χ3v) is 2.52. The van der Waals surface area contributed by atoms with Crippen molar-refractivity contribution in [3.8, 4) is 0 Å². The Kier molecular flexibility index (Phi) is 8.37. The van der Waals surface area contributed by atoms with Gasteiger partial charge in [-0.25, -0.2) is 0 Å². The highest BCUT2D eigenvalue weighted by molar-refractivity contribution is 5.77. The molecule has 0 aromatic rings. The number of ether oxygens (including phenoxy) is 1. The van der Waals surface area contributed by atoms with Gasteiger partial charge >= 0.3 is 5.97 Å². The Labute approximate surface area is 109 Å². The number of aliphatic hydroxyl groups is 1. The van der Waals surface area contributed by atoms with E-state index >= 15 is 0 Å². The molecule has 0 aliphatic carbocycles. The zero-order valence-corrected chi connectivity index (χ0v) is 11.7. The van der Waals surface area contributed by atoms with Crippen LogP contribution in [0.15, 0.2) is 0 Å². The summed E-state index contributed by atoms with van der Waals surface area (Å²) in [4.78, 5) is 23.0. The number of hydrogen-bond acceptors (Lipinski definition) is 4. The van der Waals surface area contributed by atoms with Crippen molar-refractivity contribution in [2.24, 2.45) is 11.8 Å². The maximum Gasteiger partial charge on any atom is 0.308 e. The van der Waals surface area contributed by atoms with Gasteiger partial charge in [-0.15, -0.1) is 0 Å². The Morgan fingerprint density at radius 1 is 1.22 bits per heavy atom. The molecule has 0 aliphatic heterocycles. The van der Waals surface area contributed by atoms with Crippen LogP contribution in [0.2, 0.25) is 0 Å². The van der Waals surface area contributed by atoms with Gasteiger partial charge in [-0.05, 0) is 26.2 Å². The smallest absolute Gasteiger partial charge is 0.308 e. The lowest BCUT2D eigenvalue weighted by Crippen LogP contribution is -2.30. The van der Waals surface area contributed by atoms with Crippen molar-refractivity contribution >= 4 is 11.9 Å². The minimum atomic E-state index is -0.270. The van der Waals surface area contributed by atoms with E-state index in [1.54, 1.807) is 20.8 Å². The van der Waals surface area contributed by atoms with Crippen LogP contribution in [0.25, 0.3) is 0 Å². The molecule has 0 radical (unpaired) electrons. The topological polar surface area (TPSA) is 75.6 Å². The first-order valence-corrected chi connectivity index (χ1v) is 6.44. The van der Waals surface area contributed by atoms with Crippen LogP contribution in [0.4, 0.5) is 0 Å². The van der Waals surface area contributed by atoms with Gasteiger partial charge in [-0.3, -0.25) is 9.59 Å². The predicted octanol–water partition coefficient (Wildman–Crippen LogP) is 1.10. The molecule has 0 bridgehead atoms. The summed E-state index contributed by atoms with van der Waals surface area (Å²) < 4.78 is 5.06. The molecule has 0 saturated carbocycles. The number of nitrogens with one attached hydrogen (secondary N) is 1. The maximum absolute atomic E-state index is 11.5. The van der Waals surface area contributed by atoms with Crippen LogP contribution in [0.1, 0.15) is 40.5 Å². The number of carbonyl (C=O) groups is 2. The fourth-order valence-electron chi connectivity index (χ4n) is 1.25.